The molecule has 0 aromatic carbocycles. The lowest BCUT2D eigenvalue weighted by Gasteiger charge is -2.36. The number of piperidine rings is 1. The maximum Gasteiger partial charge on any atom is 0.148 e. The van der Waals surface area contributed by atoms with Crippen LogP contribution < -0.4 is 10.1 Å². The fourth-order valence-corrected chi connectivity index (χ4v) is 2.79. The maximum atomic E-state index is 6.03. The molecule has 2 aliphatic rings. The van der Waals surface area contributed by atoms with Gasteiger partial charge >= 0.3 is 0 Å². The van der Waals surface area contributed by atoms with Crippen molar-refractivity contribution in [2.75, 3.05) is 27.0 Å². The molecule has 98 valence electrons. The number of methoxy groups -OCH3 is 1. The first kappa shape index (κ1) is 12.2. The van der Waals surface area contributed by atoms with Crippen LogP contribution in [0.25, 0.3) is 0 Å². The molecule has 2 saturated heterocycles. The third-order valence-corrected chi connectivity index (χ3v) is 3.74. The second-order valence-electron chi connectivity index (χ2n) is 4.48. The van der Waals surface area contributed by atoms with Crippen LogP contribution in [0.3, 0.4) is 0 Å². The summed E-state index contributed by atoms with van der Waals surface area (Å²) in [7, 11) is 1.61. The van der Waals surface area contributed by atoms with Gasteiger partial charge in [0.15, 0.2) is 0 Å². The number of pyridine rings is 1. The van der Waals surface area contributed by atoms with Gasteiger partial charge in [0, 0.05) is 18.7 Å². The molecule has 2 fully saturated rings. The zero-order valence-electron chi connectivity index (χ0n) is 10.1. The van der Waals surface area contributed by atoms with Gasteiger partial charge in [0.05, 0.1) is 12.8 Å². The van der Waals surface area contributed by atoms with Crippen LogP contribution in [0.2, 0.25) is 5.15 Å². The van der Waals surface area contributed by atoms with Gasteiger partial charge in [-0.05, 0) is 13.0 Å². The number of halogens is 1. The number of nitrogens with zero attached hydrogens (tertiary/aromatic N) is 1. The molecule has 0 spiro atoms. The zero-order chi connectivity index (χ0) is 12.6. The van der Waals surface area contributed by atoms with Crippen molar-refractivity contribution in [1.82, 2.24) is 10.3 Å². The van der Waals surface area contributed by atoms with Crippen molar-refractivity contribution < 1.29 is 14.2 Å². The average molecular weight is 271 g/mol. The fraction of sp³-hybridized carbons (Fsp3) is 0.583. The lowest BCUT2D eigenvalue weighted by Crippen LogP contribution is -2.50. The highest BCUT2D eigenvalue weighted by molar-refractivity contribution is 6.29. The van der Waals surface area contributed by atoms with Gasteiger partial charge in [-0.25, -0.2) is 4.98 Å². The van der Waals surface area contributed by atoms with Gasteiger partial charge in [-0.3, -0.25) is 0 Å². The van der Waals surface area contributed by atoms with Crippen molar-refractivity contribution in [1.29, 1.82) is 0 Å². The molecule has 3 heterocycles. The highest BCUT2D eigenvalue weighted by Gasteiger charge is 2.50. The summed E-state index contributed by atoms with van der Waals surface area (Å²) in [5.41, 5.74) is 0.291. The molecule has 18 heavy (non-hydrogen) atoms. The normalized spacial score (nSPS) is 31.1. The quantitative estimate of drug-likeness (QED) is 0.821. The van der Waals surface area contributed by atoms with Crippen LogP contribution in [-0.4, -0.2) is 38.1 Å². The summed E-state index contributed by atoms with van der Waals surface area (Å²) in [5.74, 6) is 0.687. The van der Waals surface area contributed by atoms with E-state index in [1.165, 1.54) is 0 Å². The molecule has 0 amide bonds. The summed E-state index contributed by atoms with van der Waals surface area (Å²) >= 11 is 6.03. The minimum absolute atomic E-state index is 0.0260. The summed E-state index contributed by atoms with van der Waals surface area (Å²) in [6, 6.07) is 3.56. The highest BCUT2D eigenvalue weighted by atomic mass is 35.5. The van der Waals surface area contributed by atoms with Crippen LogP contribution in [0.1, 0.15) is 12.1 Å². The average Bonchev–Trinajstić information content (AvgIpc) is 2.83. The van der Waals surface area contributed by atoms with Crippen molar-refractivity contribution in [3.8, 4) is 5.75 Å². The number of hydrogen-bond acceptors (Lipinski definition) is 5. The predicted octanol–water partition coefficient (Wildman–Crippen LogP) is 1.31. The lowest BCUT2D eigenvalue weighted by molar-refractivity contribution is -0.0300. The van der Waals surface area contributed by atoms with Gasteiger partial charge in [0.25, 0.3) is 0 Å². The van der Waals surface area contributed by atoms with E-state index < -0.39 is 5.60 Å². The van der Waals surface area contributed by atoms with E-state index in [1.54, 1.807) is 13.2 Å². The molecule has 1 aromatic heterocycles. The second kappa shape index (κ2) is 4.66. The largest absolute Gasteiger partial charge is 0.497 e. The van der Waals surface area contributed by atoms with E-state index in [0.29, 0.717) is 17.7 Å². The lowest BCUT2D eigenvalue weighted by atomic mass is 9.86. The molecule has 1 aromatic rings. The van der Waals surface area contributed by atoms with E-state index in [9.17, 15) is 0 Å². The summed E-state index contributed by atoms with van der Waals surface area (Å²) in [4.78, 5) is 4.39. The minimum Gasteiger partial charge on any atom is -0.497 e. The Balaban J connectivity index is 2.04. The Kier molecular flexibility index (Phi) is 3.15. The summed E-state index contributed by atoms with van der Waals surface area (Å²) in [5, 5.41) is 3.71. The first-order valence-corrected chi connectivity index (χ1v) is 6.31. The molecule has 3 rings (SSSR count). The smallest absolute Gasteiger partial charge is 0.148 e. The van der Waals surface area contributed by atoms with Gasteiger partial charge < -0.3 is 19.5 Å². The van der Waals surface area contributed by atoms with Gasteiger partial charge in [-0.2, -0.15) is 0 Å². The van der Waals surface area contributed by atoms with Crippen LogP contribution in [0.4, 0.5) is 0 Å². The fourth-order valence-electron chi connectivity index (χ4n) is 2.59. The van der Waals surface area contributed by atoms with Gasteiger partial charge in [-0.1, -0.05) is 11.6 Å². The minimum atomic E-state index is -0.497. The van der Waals surface area contributed by atoms with Crippen LogP contribution in [0.5, 0.6) is 5.75 Å². The van der Waals surface area contributed by atoms with Gasteiger partial charge in [0.2, 0.25) is 0 Å². The predicted molar refractivity (Wildman–Crippen MR) is 65.8 cm³/mol. The van der Waals surface area contributed by atoms with E-state index in [4.69, 9.17) is 25.8 Å². The Morgan fingerprint density at radius 1 is 1.56 bits per heavy atom. The first-order valence-electron chi connectivity index (χ1n) is 5.93. The van der Waals surface area contributed by atoms with E-state index in [2.05, 4.69) is 10.3 Å². The summed E-state index contributed by atoms with van der Waals surface area (Å²) < 4.78 is 16.7. The Hall–Kier alpha value is -0.880. The van der Waals surface area contributed by atoms with Crippen LogP contribution in [0.15, 0.2) is 12.1 Å². The number of hydrogen-bond donors (Lipinski definition) is 1. The maximum absolute atomic E-state index is 6.03. The van der Waals surface area contributed by atoms with E-state index in [1.807, 2.05) is 6.07 Å². The van der Waals surface area contributed by atoms with Crippen molar-refractivity contribution in [3.63, 3.8) is 0 Å². The molecule has 2 atom stereocenters. The molecule has 2 aliphatic heterocycles. The number of nitrogens with one attached hydrogen (secondary N) is 1. The van der Waals surface area contributed by atoms with Gasteiger partial charge in [0.1, 0.15) is 29.4 Å². The van der Waals surface area contributed by atoms with Crippen molar-refractivity contribution in [2.24, 2.45) is 0 Å². The molecule has 6 heteroatoms. The van der Waals surface area contributed by atoms with Gasteiger partial charge in [-0.15, -0.1) is 0 Å². The number of rotatable bonds is 2. The van der Waals surface area contributed by atoms with E-state index in [0.717, 1.165) is 25.2 Å². The van der Waals surface area contributed by atoms with E-state index >= 15 is 0 Å². The molecule has 0 saturated carbocycles. The van der Waals surface area contributed by atoms with Crippen LogP contribution >= 0.6 is 11.6 Å². The third kappa shape index (κ3) is 1.87. The molecular weight excluding hydrogens is 256 g/mol. The molecule has 0 radical (unpaired) electrons. The molecular formula is C12H15ClN2O3. The Morgan fingerprint density at radius 2 is 2.44 bits per heavy atom. The Morgan fingerprint density at radius 3 is 3.28 bits per heavy atom. The molecule has 0 unspecified atom stereocenters. The molecule has 0 aliphatic carbocycles. The molecule has 0 bridgehead atoms. The van der Waals surface area contributed by atoms with Crippen molar-refractivity contribution in [3.05, 3.63) is 23.0 Å². The standard InChI is InChI=1S/C12H15ClN2O3/c1-16-8-4-9(15-11(13)5-8)12-2-3-14-6-10(12)17-7-18-12/h4-5,10,14H,2-3,6-7H2,1H3/t10-,12-/m1/s1. The van der Waals surface area contributed by atoms with Crippen molar-refractivity contribution in [2.45, 2.75) is 18.1 Å². The highest BCUT2D eigenvalue weighted by Crippen LogP contribution is 2.41. The van der Waals surface area contributed by atoms with Crippen LogP contribution in [0, 0.1) is 0 Å². The number of ether oxygens (including phenoxy) is 3. The third-order valence-electron chi connectivity index (χ3n) is 3.55. The monoisotopic (exact) mass is 270 g/mol. The number of fused-ring (bicyclic) bond motifs is 1. The Labute approximate surface area is 110 Å². The zero-order valence-corrected chi connectivity index (χ0v) is 10.9. The van der Waals surface area contributed by atoms with Crippen LogP contribution in [-0.2, 0) is 15.1 Å². The molecule has 5 nitrogen and oxygen atoms in total. The topological polar surface area (TPSA) is 52.6 Å². The number of aromatic nitrogens is 1. The first-order chi connectivity index (χ1) is 8.74. The summed E-state index contributed by atoms with van der Waals surface area (Å²) in [6.45, 7) is 1.93. The Bertz CT molecular complexity index is 457. The second-order valence-corrected chi connectivity index (χ2v) is 4.86. The van der Waals surface area contributed by atoms with E-state index in [-0.39, 0.29) is 6.10 Å². The summed E-state index contributed by atoms with van der Waals surface area (Å²) in [6.07, 6.45) is 0.788. The SMILES string of the molecule is COc1cc(Cl)nc([C@]23CCNC[C@H]2OCO3)c1. The van der Waals surface area contributed by atoms with Crippen molar-refractivity contribution >= 4 is 11.6 Å². The molecule has 1 N–H and O–H groups in total.